The molecule has 0 amide bonds. The number of nitrogens with zero attached hydrogens (tertiary/aromatic N) is 2. The molecule has 54 valence electrons. The molecule has 0 saturated heterocycles. The number of aliphatic imine (C=N–C) groups is 2. The Morgan fingerprint density at radius 2 is 2.00 bits per heavy atom. The molecule has 0 aromatic heterocycles. The van der Waals surface area contributed by atoms with Crippen LogP contribution in [0.15, 0.2) is 21.6 Å². The largest absolute Gasteiger partial charge is 0.266 e. The van der Waals surface area contributed by atoms with Gasteiger partial charge in [-0.05, 0) is 26.8 Å². The molecule has 1 heterocycles. The predicted molar refractivity (Wildman–Crippen MR) is 44.8 cm³/mol. The molecular formula is C8H12N2. The number of hydrogen-bond donors (Lipinski definition) is 0. The zero-order chi connectivity index (χ0) is 7.56. The summed E-state index contributed by atoms with van der Waals surface area (Å²) < 4.78 is 0. The van der Waals surface area contributed by atoms with Crippen LogP contribution in [0.4, 0.5) is 0 Å². The Labute approximate surface area is 61.4 Å². The van der Waals surface area contributed by atoms with Crippen molar-refractivity contribution in [1.29, 1.82) is 0 Å². The average molecular weight is 136 g/mol. The molecule has 1 aliphatic heterocycles. The molecule has 2 heteroatoms. The van der Waals surface area contributed by atoms with E-state index in [0.717, 1.165) is 18.1 Å². The molecule has 0 bridgehead atoms. The molecule has 1 aliphatic rings. The first-order valence-electron chi connectivity index (χ1n) is 3.42. The van der Waals surface area contributed by atoms with Gasteiger partial charge in [-0.2, -0.15) is 0 Å². The molecule has 0 aromatic carbocycles. The molecule has 0 N–H and O–H groups in total. The molecule has 0 aliphatic carbocycles. The van der Waals surface area contributed by atoms with Crippen LogP contribution in [0, 0.1) is 0 Å². The predicted octanol–water partition coefficient (Wildman–Crippen LogP) is 1.83. The lowest BCUT2D eigenvalue weighted by molar-refractivity contribution is 1.13. The molecular weight excluding hydrogens is 124 g/mol. The van der Waals surface area contributed by atoms with Crippen molar-refractivity contribution in [3.05, 3.63) is 11.6 Å². The van der Waals surface area contributed by atoms with Crippen LogP contribution in [0.1, 0.15) is 20.8 Å². The highest BCUT2D eigenvalue weighted by Gasteiger charge is 1.96. The van der Waals surface area contributed by atoms with Gasteiger partial charge < -0.3 is 0 Å². The second-order valence-corrected chi connectivity index (χ2v) is 2.61. The van der Waals surface area contributed by atoms with E-state index in [4.69, 9.17) is 0 Å². The van der Waals surface area contributed by atoms with Gasteiger partial charge in [0.05, 0.1) is 6.54 Å². The molecule has 2 nitrogen and oxygen atoms in total. The summed E-state index contributed by atoms with van der Waals surface area (Å²) in [6.45, 7) is 6.79. The van der Waals surface area contributed by atoms with Gasteiger partial charge in [-0.25, -0.2) is 4.99 Å². The number of rotatable bonds is 0. The van der Waals surface area contributed by atoms with Gasteiger partial charge >= 0.3 is 0 Å². The van der Waals surface area contributed by atoms with Gasteiger partial charge in [-0.3, -0.25) is 4.99 Å². The van der Waals surface area contributed by atoms with Gasteiger partial charge in [0.2, 0.25) is 0 Å². The summed E-state index contributed by atoms with van der Waals surface area (Å²) in [5.74, 6) is 0.880. The number of allylic oxidation sites excluding steroid dienone is 1. The van der Waals surface area contributed by atoms with Crippen LogP contribution >= 0.6 is 0 Å². The summed E-state index contributed by atoms with van der Waals surface area (Å²) in [4.78, 5) is 8.43. The fourth-order valence-corrected chi connectivity index (χ4v) is 0.964. The number of hydrogen-bond acceptors (Lipinski definition) is 2. The monoisotopic (exact) mass is 136 g/mol. The van der Waals surface area contributed by atoms with Crippen LogP contribution in [-0.4, -0.2) is 18.1 Å². The maximum atomic E-state index is 4.22. The molecule has 1 rings (SSSR count). The maximum absolute atomic E-state index is 4.22. The van der Waals surface area contributed by atoms with Gasteiger partial charge in [0.1, 0.15) is 5.84 Å². The van der Waals surface area contributed by atoms with Crippen molar-refractivity contribution in [2.45, 2.75) is 20.8 Å². The van der Waals surface area contributed by atoms with E-state index in [9.17, 15) is 0 Å². The van der Waals surface area contributed by atoms with Crippen molar-refractivity contribution in [3.63, 3.8) is 0 Å². The summed E-state index contributed by atoms with van der Waals surface area (Å²) in [6, 6.07) is 0. The molecule has 0 unspecified atom stereocenters. The van der Waals surface area contributed by atoms with Crippen molar-refractivity contribution in [1.82, 2.24) is 0 Å². The van der Waals surface area contributed by atoms with E-state index < -0.39 is 0 Å². The van der Waals surface area contributed by atoms with E-state index in [-0.39, 0.29) is 0 Å². The van der Waals surface area contributed by atoms with Gasteiger partial charge in [0.25, 0.3) is 0 Å². The van der Waals surface area contributed by atoms with E-state index in [1.165, 1.54) is 5.57 Å². The van der Waals surface area contributed by atoms with Crippen LogP contribution in [0.5, 0.6) is 0 Å². The number of amidine groups is 1. The average Bonchev–Trinajstić information content (AvgIpc) is 1.93. The Bertz CT molecular complexity index is 221. The third kappa shape index (κ3) is 1.79. The molecule has 0 saturated carbocycles. The second-order valence-electron chi connectivity index (χ2n) is 2.61. The first-order chi connectivity index (χ1) is 4.68. The van der Waals surface area contributed by atoms with Crippen LogP contribution in [0.25, 0.3) is 0 Å². The zero-order valence-electron chi connectivity index (χ0n) is 6.68. The van der Waals surface area contributed by atoms with Gasteiger partial charge in [0, 0.05) is 5.71 Å². The Balaban J connectivity index is 2.90. The van der Waals surface area contributed by atoms with Crippen molar-refractivity contribution in [2.24, 2.45) is 9.98 Å². The summed E-state index contributed by atoms with van der Waals surface area (Å²) in [5.41, 5.74) is 2.33. The Morgan fingerprint density at radius 3 is 2.70 bits per heavy atom. The topological polar surface area (TPSA) is 24.7 Å². The second kappa shape index (κ2) is 2.78. The van der Waals surface area contributed by atoms with E-state index in [1.807, 2.05) is 13.8 Å². The Hall–Kier alpha value is -0.920. The molecule has 0 spiro atoms. The molecule has 0 aromatic rings. The highest BCUT2D eigenvalue weighted by atomic mass is 14.9. The summed E-state index contributed by atoms with van der Waals surface area (Å²) >= 11 is 0. The van der Waals surface area contributed by atoms with Gasteiger partial charge in [0.15, 0.2) is 0 Å². The maximum Gasteiger partial charge on any atom is 0.120 e. The third-order valence-corrected chi connectivity index (χ3v) is 1.35. The first kappa shape index (κ1) is 7.19. The minimum Gasteiger partial charge on any atom is -0.266 e. The van der Waals surface area contributed by atoms with Crippen LogP contribution in [-0.2, 0) is 0 Å². The summed E-state index contributed by atoms with van der Waals surface area (Å²) in [5, 5.41) is 0. The summed E-state index contributed by atoms with van der Waals surface area (Å²) in [7, 11) is 0. The molecule has 0 atom stereocenters. The lowest BCUT2D eigenvalue weighted by Gasteiger charge is -1.89. The highest BCUT2D eigenvalue weighted by molar-refractivity contribution is 6.02. The lowest BCUT2D eigenvalue weighted by atomic mass is 10.2. The molecule has 10 heavy (non-hydrogen) atoms. The van der Waals surface area contributed by atoms with E-state index in [0.29, 0.717) is 0 Å². The Kier molecular flexibility index (Phi) is 2.00. The van der Waals surface area contributed by atoms with Crippen LogP contribution in [0.2, 0.25) is 0 Å². The van der Waals surface area contributed by atoms with Gasteiger partial charge in [-0.1, -0.05) is 5.57 Å². The Morgan fingerprint density at radius 1 is 1.30 bits per heavy atom. The zero-order valence-corrected chi connectivity index (χ0v) is 6.68. The van der Waals surface area contributed by atoms with Crippen molar-refractivity contribution in [3.8, 4) is 0 Å². The highest BCUT2D eigenvalue weighted by Crippen LogP contribution is 2.00. The standard InChI is InChI=1S/C8H12N2/c1-6-4-7(2)10-8(3)9-5-6/h4H,5H2,1-3H3. The minimum absolute atomic E-state index is 0.798. The first-order valence-corrected chi connectivity index (χ1v) is 3.42. The van der Waals surface area contributed by atoms with Crippen molar-refractivity contribution < 1.29 is 0 Å². The van der Waals surface area contributed by atoms with Crippen molar-refractivity contribution >= 4 is 11.5 Å². The SMILES string of the molecule is CC1=CC(C)=NC(C)=NC1. The fraction of sp³-hybridized carbons (Fsp3) is 0.500. The third-order valence-electron chi connectivity index (χ3n) is 1.35. The van der Waals surface area contributed by atoms with Gasteiger partial charge in [-0.15, -0.1) is 0 Å². The molecule has 0 radical (unpaired) electrons. The van der Waals surface area contributed by atoms with Crippen LogP contribution < -0.4 is 0 Å². The summed E-state index contributed by atoms with van der Waals surface area (Å²) in [6.07, 6.45) is 2.07. The fourth-order valence-electron chi connectivity index (χ4n) is 0.964. The lowest BCUT2D eigenvalue weighted by Crippen LogP contribution is -1.89. The minimum atomic E-state index is 0.798. The van der Waals surface area contributed by atoms with E-state index >= 15 is 0 Å². The normalized spacial score (nSPS) is 18.9. The molecule has 0 fully saturated rings. The quantitative estimate of drug-likeness (QED) is 0.485. The smallest absolute Gasteiger partial charge is 0.120 e. The van der Waals surface area contributed by atoms with E-state index in [1.54, 1.807) is 0 Å². The van der Waals surface area contributed by atoms with Crippen LogP contribution in [0.3, 0.4) is 0 Å². The van der Waals surface area contributed by atoms with Crippen molar-refractivity contribution in [2.75, 3.05) is 6.54 Å². The van der Waals surface area contributed by atoms with E-state index in [2.05, 4.69) is 23.0 Å².